The maximum Gasteiger partial charge on any atom is 0.417 e. The number of hydrogen-bond acceptors (Lipinski definition) is 7. The van der Waals surface area contributed by atoms with Crippen LogP contribution in [0.1, 0.15) is 40.4 Å². The maximum atomic E-state index is 12.5. The Bertz CT molecular complexity index is 1600. The normalized spacial score (nSPS) is 10.3. The van der Waals surface area contributed by atoms with E-state index in [0.717, 1.165) is 11.1 Å². The summed E-state index contributed by atoms with van der Waals surface area (Å²) in [5.41, 5.74) is 4.61. The molecule has 0 atom stereocenters. The van der Waals surface area contributed by atoms with Crippen LogP contribution in [0.4, 0.5) is 21.0 Å². The Labute approximate surface area is 255 Å². The smallest absolute Gasteiger partial charge is 0.417 e. The third kappa shape index (κ3) is 9.70. The monoisotopic (exact) mass is 592 g/mol. The van der Waals surface area contributed by atoms with Crippen molar-refractivity contribution in [2.45, 2.75) is 19.8 Å². The fraction of sp³-hybridized carbons (Fsp3) is 0.143. The molecule has 4 aromatic rings. The minimum absolute atomic E-state index is 0.108. The summed E-state index contributed by atoms with van der Waals surface area (Å²) in [7, 11) is 0. The van der Waals surface area contributed by atoms with E-state index in [9.17, 15) is 19.2 Å². The molecule has 0 aliphatic carbocycles. The molecular formula is C35H32N2O7. The topological polar surface area (TPSA) is 120 Å². The van der Waals surface area contributed by atoms with Crippen molar-refractivity contribution < 1.29 is 33.4 Å². The quantitative estimate of drug-likeness (QED) is 0.0774. The summed E-state index contributed by atoms with van der Waals surface area (Å²) < 4.78 is 15.4. The van der Waals surface area contributed by atoms with Gasteiger partial charge in [0.25, 0.3) is 0 Å². The number of carbonyl (C=O) groups excluding carboxylic acids is 4. The summed E-state index contributed by atoms with van der Waals surface area (Å²) >= 11 is 0. The SMILES string of the molecule is C=C(C)C(=O)OCCCOC(=O)Nc1ccc(Cc2ccc(NC(=O)Oc3ccc(C(=O)c4ccccc4)cc3)cc2)cc1. The van der Waals surface area contributed by atoms with Gasteiger partial charge in [0.1, 0.15) is 5.75 Å². The van der Waals surface area contributed by atoms with E-state index in [-0.39, 0.29) is 19.0 Å². The number of ketones is 1. The third-order valence-corrected chi connectivity index (χ3v) is 6.28. The van der Waals surface area contributed by atoms with Crippen molar-refractivity contribution in [2.24, 2.45) is 0 Å². The highest BCUT2D eigenvalue weighted by molar-refractivity contribution is 6.09. The zero-order chi connectivity index (χ0) is 31.3. The van der Waals surface area contributed by atoms with Crippen molar-refractivity contribution in [2.75, 3.05) is 23.8 Å². The van der Waals surface area contributed by atoms with Crippen LogP contribution in [-0.2, 0) is 20.7 Å². The Hall–Kier alpha value is -5.70. The van der Waals surface area contributed by atoms with Crippen molar-refractivity contribution in [1.29, 1.82) is 0 Å². The van der Waals surface area contributed by atoms with E-state index in [1.807, 2.05) is 30.3 Å². The van der Waals surface area contributed by atoms with Gasteiger partial charge in [-0.15, -0.1) is 0 Å². The van der Waals surface area contributed by atoms with E-state index in [0.29, 0.717) is 46.7 Å². The molecule has 9 nitrogen and oxygen atoms in total. The van der Waals surface area contributed by atoms with Gasteiger partial charge >= 0.3 is 18.2 Å². The highest BCUT2D eigenvalue weighted by atomic mass is 16.6. The zero-order valence-corrected chi connectivity index (χ0v) is 24.2. The average molecular weight is 593 g/mol. The van der Waals surface area contributed by atoms with Crippen LogP contribution >= 0.6 is 0 Å². The molecule has 0 saturated carbocycles. The second kappa shape index (κ2) is 15.5. The lowest BCUT2D eigenvalue weighted by Gasteiger charge is -2.09. The molecule has 0 aromatic heterocycles. The van der Waals surface area contributed by atoms with Crippen molar-refractivity contribution in [3.63, 3.8) is 0 Å². The van der Waals surface area contributed by atoms with E-state index in [4.69, 9.17) is 14.2 Å². The van der Waals surface area contributed by atoms with Crippen LogP contribution in [0.5, 0.6) is 5.75 Å². The van der Waals surface area contributed by atoms with E-state index < -0.39 is 18.2 Å². The number of esters is 1. The van der Waals surface area contributed by atoms with Gasteiger partial charge < -0.3 is 14.2 Å². The molecule has 0 saturated heterocycles. The molecule has 2 N–H and O–H groups in total. The molecule has 224 valence electrons. The van der Waals surface area contributed by atoms with Crippen molar-refractivity contribution in [3.8, 4) is 5.75 Å². The number of anilines is 2. The largest absolute Gasteiger partial charge is 0.462 e. The second-order valence-electron chi connectivity index (χ2n) is 9.84. The number of amides is 2. The molecule has 0 radical (unpaired) electrons. The number of nitrogens with one attached hydrogen (secondary N) is 2. The third-order valence-electron chi connectivity index (χ3n) is 6.28. The summed E-state index contributed by atoms with van der Waals surface area (Å²) in [6, 6.07) is 30.1. The molecule has 4 aromatic carbocycles. The molecule has 0 bridgehead atoms. The van der Waals surface area contributed by atoms with Gasteiger partial charge in [-0.3, -0.25) is 15.4 Å². The van der Waals surface area contributed by atoms with E-state index in [1.54, 1.807) is 79.7 Å². The summed E-state index contributed by atoms with van der Waals surface area (Å²) in [6.07, 6.45) is -0.215. The van der Waals surface area contributed by atoms with Crippen LogP contribution < -0.4 is 15.4 Å². The minimum Gasteiger partial charge on any atom is -0.462 e. The fourth-order valence-corrected chi connectivity index (χ4v) is 3.99. The molecule has 0 fully saturated rings. The van der Waals surface area contributed by atoms with Crippen LogP contribution in [0.2, 0.25) is 0 Å². The van der Waals surface area contributed by atoms with Gasteiger partial charge in [-0.2, -0.15) is 0 Å². The van der Waals surface area contributed by atoms with Gasteiger partial charge in [0.2, 0.25) is 0 Å². The number of ether oxygens (including phenoxy) is 3. The van der Waals surface area contributed by atoms with E-state index in [1.165, 1.54) is 0 Å². The molecule has 0 aliphatic rings. The van der Waals surface area contributed by atoms with Gasteiger partial charge in [0.15, 0.2) is 5.78 Å². The van der Waals surface area contributed by atoms with Crippen LogP contribution in [0.25, 0.3) is 0 Å². The van der Waals surface area contributed by atoms with Gasteiger partial charge in [0, 0.05) is 34.5 Å². The Morgan fingerprint density at radius 2 is 1.16 bits per heavy atom. The lowest BCUT2D eigenvalue weighted by molar-refractivity contribution is -0.139. The molecule has 44 heavy (non-hydrogen) atoms. The molecule has 0 unspecified atom stereocenters. The number of benzene rings is 4. The standard InChI is InChI=1S/C35H32N2O7/c1-24(2)33(39)42-21-6-22-43-34(40)36-29-15-9-25(10-16-29)23-26-11-17-30(18-12-26)37-35(41)44-31-19-13-28(14-20-31)32(38)27-7-4-3-5-8-27/h3-5,7-20H,1,6,21-23H2,2H3,(H,36,40)(H,37,41). The van der Waals surface area contributed by atoms with Crippen LogP contribution in [0.15, 0.2) is 115 Å². The zero-order valence-electron chi connectivity index (χ0n) is 24.2. The maximum absolute atomic E-state index is 12.5. The first-order chi connectivity index (χ1) is 21.3. The first-order valence-corrected chi connectivity index (χ1v) is 13.9. The van der Waals surface area contributed by atoms with Crippen LogP contribution in [-0.4, -0.2) is 37.2 Å². The summed E-state index contributed by atoms with van der Waals surface area (Å²) in [6.45, 7) is 5.32. The Morgan fingerprint density at radius 1 is 0.636 bits per heavy atom. The molecule has 0 aliphatic heterocycles. The Kier molecular flexibility index (Phi) is 11.0. The van der Waals surface area contributed by atoms with Crippen molar-refractivity contribution >= 4 is 35.3 Å². The average Bonchev–Trinajstić information content (AvgIpc) is 3.03. The molecule has 9 heteroatoms. The van der Waals surface area contributed by atoms with Gasteiger partial charge in [-0.1, -0.05) is 61.2 Å². The van der Waals surface area contributed by atoms with Gasteiger partial charge in [-0.05, 0) is 73.0 Å². The van der Waals surface area contributed by atoms with Crippen molar-refractivity contribution in [1.82, 2.24) is 0 Å². The predicted octanol–water partition coefficient (Wildman–Crippen LogP) is 7.18. The minimum atomic E-state index is -0.646. The van der Waals surface area contributed by atoms with E-state index in [2.05, 4.69) is 17.2 Å². The van der Waals surface area contributed by atoms with Gasteiger partial charge in [0.05, 0.1) is 13.2 Å². The predicted molar refractivity (Wildman–Crippen MR) is 167 cm³/mol. The molecule has 4 rings (SSSR count). The van der Waals surface area contributed by atoms with Crippen molar-refractivity contribution in [3.05, 3.63) is 138 Å². The van der Waals surface area contributed by atoms with Crippen LogP contribution in [0.3, 0.4) is 0 Å². The number of rotatable bonds is 12. The highest BCUT2D eigenvalue weighted by Crippen LogP contribution is 2.19. The summed E-state index contributed by atoms with van der Waals surface area (Å²) in [5.74, 6) is -0.264. The summed E-state index contributed by atoms with van der Waals surface area (Å²) in [4.78, 5) is 48.2. The lowest BCUT2D eigenvalue weighted by atomic mass is 10.0. The Morgan fingerprint density at radius 3 is 1.73 bits per heavy atom. The Balaban J connectivity index is 1.18. The first-order valence-electron chi connectivity index (χ1n) is 13.9. The molecule has 2 amide bonds. The number of hydrogen-bond donors (Lipinski definition) is 2. The summed E-state index contributed by atoms with van der Waals surface area (Å²) in [5, 5.41) is 5.35. The first kappa shape index (κ1) is 31.2. The molecular weight excluding hydrogens is 560 g/mol. The molecule has 0 heterocycles. The number of carbonyl (C=O) groups is 4. The van der Waals surface area contributed by atoms with Gasteiger partial charge in [-0.25, -0.2) is 14.4 Å². The lowest BCUT2D eigenvalue weighted by Crippen LogP contribution is -2.16. The fourth-order valence-electron chi connectivity index (χ4n) is 3.99. The second-order valence-corrected chi connectivity index (χ2v) is 9.84. The highest BCUT2D eigenvalue weighted by Gasteiger charge is 2.11. The van der Waals surface area contributed by atoms with E-state index >= 15 is 0 Å². The van der Waals surface area contributed by atoms with Crippen LogP contribution in [0, 0.1) is 0 Å². The molecule has 0 spiro atoms.